The van der Waals surface area contributed by atoms with Crippen LogP contribution in [0.25, 0.3) is 0 Å². The highest BCUT2D eigenvalue weighted by Crippen LogP contribution is 2.22. The first-order chi connectivity index (χ1) is 7.11. The molecule has 0 radical (unpaired) electrons. The van der Waals surface area contributed by atoms with Crippen molar-refractivity contribution in [1.29, 1.82) is 0 Å². The quantitative estimate of drug-likeness (QED) is 0.722. The summed E-state index contributed by atoms with van der Waals surface area (Å²) in [6.45, 7) is 1.59. The van der Waals surface area contributed by atoms with E-state index in [0.29, 0.717) is 11.1 Å². The van der Waals surface area contributed by atoms with E-state index in [4.69, 9.17) is 0 Å². The summed E-state index contributed by atoms with van der Waals surface area (Å²) in [6, 6.07) is 6.68. The van der Waals surface area contributed by atoms with Gasteiger partial charge in [0, 0.05) is 0 Å². The van der Waals surface area contributed by atoms with E-state index in [1.54, 1.807) is 31.2 Å². The number of rotatable bonds is 2. The van der Waals surface area contributed by atoms with Gasteiger partial charge < -0.3 is 5.11 Å². The van der Waals surface area contributed by atoms with Crippen molar-refractivity contribution < 1.29 is 14.7 Å². The van der Waals surface area contributed by atoms with Crippen molar-refractivity contribution in [2.45, 2.75) is 13.0 Å². The molecule has 1 N–H and O–H groups in total. The van der Waals surface area contributed by atoms with E-state index >= 15 is 0 Å². The maximum Gasteiger partial charge on any atom is 0.261 e. The monoisotopic (exact) mass is 205 g/mol. The van der Waals surface area contributed by atoms with Gasteiger partial charge in [-0.05, 0) is 19.1 Å². The predicted octanol–water partition coefficient (Wildman–Crippen LogP) is 0.663. The molecule has 0 aliphatic carbocycles. The lowest BCUT2D eigenvalue weighted by atomic mass is 10.1. The molecule has 2 amide bonds. The number of imide groups is 1. The summed E-state index contributed by atoms with van der Waals surface area (Å²) in [7, 11) is 0. The summed E-state index contributed by atoms with van der Waals surface area (Å²) in [5.41, 5.74) is 0.839. The molecule has 1 aliphatic heterocycles. The first-order valence-corrected chi connectivity index (χ1v) is 4.74. The van der Waals surface area contributed by atoms with Crippen LogP contribution in [0.1, 0.15) is 27.6 Å². The number of nitrogens with zero attached hydrogens (tertiary/aromatic N) is 1. The van der Waals surface area contributed by atoms with Gasteiger partial charge in [0.1, 0.15) is 0 Å². The predicted molar refractivity (Wildman–Crippen MR) is 53.5 cm³/mol. The molecule has 1 aromatic carbocycles. The third kappa shape index (κ3) is 1.53. The van der Waals surface area contributed by atoms with E-state index in [2.05, 4.69) is 0 Å². The highest BCUT2D eigenvalue weighted by molar-refractivity contribution is 6.21. The van der Waals surface area contributed by atoms with Crippen molar-refractivity contribution in [3.8, 4) is 0 Å². The lowest BCUT2D eigenvalue weighted by molar-refractivity contribution is 0.0563. The Morgan fingerprint density at radius 1 is 1.20 bits per heavy atom. The van der Waals surface area contributed by atoms with Gasteiger partial charge in [-0.15, -0.1) is 0 Å². The molecule has 0 fully saturated rings. The van der Waals surface area contributed by atoms with E-state index in [1.165, 1.54) is 0 Å². The zero-order valence-electron chi connectivity index (χ0n) is 8.30. The number of hydrogen-bond donors (Lipinski definition) is 1. The Morgan fingerprint density at radius 2 is 1.67 bits per heavy atom. The molecule has 1 heterocycles. The molecule has 0 aromatic heterocycles. The number of aliphatic hydroxyl groups is 1. The van der Waals surface area contributed by atoms with Crippen LogP contribution in [-0.4, -0.2) is 34.5 Å². The molecule has 0 spiro atoms. The lowest BCUT2D eigenvalue weighted by Crippen LogP contribution is -2.35. The van der Waals surface area contributed by atoms with Crippen LogP contribution in [0.2, 0.25) is 0 Å². The summed E-state index contributed by atoms with van der Waals surface area (Å²) in [4.78, 5) is 24.6. The zero-order valence-corrected chi connectivity index (χ0v) is 8.30. The third-order valence-electron chi connectivity index (χ3n) is 2.32. The standard InChI is InChI=1S/C11H11NO3/c1-7(13)6-12-10(14)8-4-2-3-5-9(8)11(12)15/h2-5,7,13H,6H2,1H3/t7-/m0/s1. The van der Waals surface area contributed by atoms with Gasteiger partial charge in [0.25, 0.3) is 11.8 Å². The van der Waals surface area contributed by atoms with Crippen molar-refractivity contribution in [3.05, 3.63) is 35.4 Å². The fraction of sp³-hybridized carbons (Fsp3) is 0.273. The van der Waals surface area contributed by atoms with E-state index in [0.717, 1.165) is 4.90 Å². The first-order valence-electron chi connectivity index (χ1n) is 4.74. The van der Waals surface area contributed by atoms with Gasteiger partial charge in [0.15, 0.2) is 0 Å². The van der Waals surface area contributed by atoms with Crippen LogP contribution in [0.5, 0.6) is 0 Å². The summed E-state index contributed by atoms with van der Waals surface area (Å²) >= 11 is 0. The van der Waals surface area contributed by atoms with Gasteiger partial charge in [0.05, 0.1) is 23.8 Å². The fourth-order valence-corrected chi connectivity index (χ4v) is 1.67. The molecule has 4 heteroatoms. The van der Waals surface area contributed by atoms with Crippen molar-refractivity contribution >= 4 is 11.8 Å². The molecule has 2 rings (SSSR count). The van der Waals surface area contributed by atoms with Gasteiger partial charge in [-0.3, -0.25) is 14.5 Å². The fourth-order valence-electron chi connectivity index (χ4n) is 1.67. The number of carbonyl (C=O) groups excluding carboxylic acids is 2. The number of amides is 2. The highest BCUT2D eigenvalue weighted by Gasteiger charge is 2.35. The van der Waals surface area contributed by atoms with E-state index in [9.17, 15) is 14.7 Å². The minimum absolute atomic E-state index is 0.0480. The molecule has 0 unspecified atom stereocenters. The van der Waals surface area contributed by atoms with Gasteiger partial charge >= 0.3 is 0 Å². The van der Waals surface area contributed by atoms with Crippen molar-refractivity contribution in [3.63, 3.8) is 0 Å². The number of fused-ring (bicyclic) bond motifs is 1. The lowest BCUT2D eigenvalue weighted by Gasteiger charge is -2.15. The van der Waals surface area contributed by atoms with Gasteiger partial charge in [-0.2, -0.15) is 0 Å². The molecule has 1 aliphatic rings. The molecule has 0 bridgehead atoms. The number of carbonyl (C=O) groups is 2. The third-order valence-corrected chi connectivity index (χ3v) is 2.32. The minimum Gasteiger partial charge on any atom is -0.392 e. The van der Waals surface area contributed by atoms with Crippen LogP contribution in [0, 0.1) is 0 Å². The summed E-state index contributed by atoms with van der Waals surface area (Å²) in [5.74, 6) is -0.645. The normalized spacial score (nSPS) is 16.8. The maximum atomic E-state index is 11.7. The van der Waals surface area contributed by atoms with E-state index in [-0.39, 0.29) is 18.4 Å². The molecule has 1 aromatic rings. The second-order valence-electron chi connectivity index (χ2n) is 3.62. The maximum absolute atomic E-state index is 11.7. The molecule has 4 nitrogen and oxygen atoms in total. The Kier molecular flexibility index (Phi) is 2.28. The Hall–Kier alpha value is -1.68. The Morgan fingerprint density at radius 3 is 2.07 bits per heavy atom. The van der Waals surface area contributed by atoms with Crippen LogP contribution >= 0.6 is 0 Å². The summed E-state index contributed by atoms with van der Waals surface area (Å²) in [6.07, 6.45) is -0.702. The first kappa shape index (κ1) is 9.86. The van der Waals surface area contributed by atoms with Crippen molar-refractivity contribution in [1.82, 2.24) is 4.90 Å². The smallest absolute Gasteiger partial charge is 0.261 e. The second-order valence-corrected chi connectivity index (χ2v) is 3.62. The molecule has 0 saturated carbocycles. The van der Waals surface area contributed by atoms with E-state index in [1.807, 2.05) is 0 Å². The van der Waals surface area contributed by atoms with Crippen LogP contribution < -0.4 is 0 Å². The number of benzene rings is 1. The van der Waals surface area contributed by atoms with Crippen LogP contribution in [0.15, 0.2) is 24.3 Å². The number of β-amino-alcohol motifs (C(OH)–C–C–N with tert-alkyl or cyclic N) is 1. The largest absolute Gasteiger partial charge is 0.392 e. The van der Waals surface area contributed by atoms with Crippen LogP contribution in [-0.2, 0) is 0 Å². The number of aliphatic hydroxyl groups excluding tert-OH is 1. The summed E-state index contributed by atoms with van der Waals surface area (Å²) < 4.78 is 0. The molecular weight excluding hydrogens is 194 g/mol. The minimum atomic E-state index is -0.702. The summed E-state index contributed by atoms with van der Waals surface area (Å²) in [5, 5.41) is 9.18. The molecular formula is C11H11NO3. The van der Waals surface area contributed by atoms with Gasteiger partial charge in [-0.25, -0.2) is 0 Å². The highest BCUT2D eigenvalue weighted by atomic mass is 16.3. The average molecular weight is 205 g/mol. The van der Waals surface area contributed by atoms with Crippen LogP contribution in [0.4, 0.5) is 0 Å². The molecule has 15 heavy (non-hydrogen) atoms. The van der Waals surface area contributed by atoms with Crippen LogP contribution in [0.3, 0.4) is 0 Å². The van der Waals surface area contributed by atoms with Crippen molar-refractivity contribution in [2.75, 3.05) is 6.54 Å². The molecule has 78 valence electrons. The molecule has 0 saturated heterocycles. The Labute approximate surface area is 87.1 Å². The molecule has 1 atom stereocenters. The number of hydrogen-bond acceptors (Lipinski definition) is 3. The topological polar surface area (TPSA) is 57.6 Å². The average Bonchev–Trinajstić information content (AvgIpc) is 2.44. The zero-order chi connectivity index (χ0) is 11.0. The van der Waals surface area contributed by atoms with E-state index < -0.39 is 6.10 Å². The Balaban J connectivity index is 2.37. The van der Waals surface area contributed by atoms with Gasteiger partial charge in [0.2, 0.25) is 0 Å². The van der Waals surface area contributed by atoms with Crippen molar-refractivity contribution in [2.24, 2.45) is 0 Å². The Bertz CT molecular complexity index is 391. The SMILES string of the molecule is C[C@H](O)CN1C(=O)c2ccccc2C1=O. The second kappa shape index (κ2) is 3.47. The van der Waals surface area contributed by atoms with Gasteiger partial charge in [-0.1, -0.05) is 12.1 Å².